The largest absolute Gasteiger partial charge is 0.456 e. The topological polar surface area (TPSA) is 18.1 Å². The van der Waals surface area contributed by atoms with E-state index in [2.05, 4.69) is 193 Å². The molecule has 0 atom stereocenters. The van der Waals surface area contributed by atoms with Crippen LogP contribution in [0.3, 0.4) is 0 Å². The van der Waals surface area contributed by atoms with Crippen molar-refractivity contribution in [3.05, 3.63) is 188 Å². The molecule has 2 heteroatoms. The second kappa shape index (κ2) is 11.5. The van der Waals surface area contributed by atoms with Crippen molar-refractivity contribution >= 4 is 43.7 Å². The van der Waals surface area contributed by atoms with Gasteiger partial charge in [0.2, 0.25) is 0 Å². The Kier molecular flexibility index (Phi) is 6.53. The van der Waals surface area contributed by atoms with E-state index >= 15 is 0 Å². The van der Waals surface area contributed by atoms with Crippen molar-refractivity contribution in [2.75, 3.05) is 0 Å². The summed E-state index contributed by atoms with van der Waals surface area (Å²) in [5, 5.41) is 4.71. The molecule has 0 amide bonds. The highest BCUT2D eigenvalue weighted by Crippen LogP contribution is 2.41. The fourth-order valence-electron chi connectivity index (χ4n) is 7.60. The number of fused-ring (bicyclic) bond motifs is 6. The van der Waals surface area contributed by atoms with Gasteiger partial charge in [-0.25, -0.2) is 0 Å². The second-order valence-corrected chi connectivity index (χ2v) is 12.9. The van der Waals surface area contributed by atoms with Crippen LogP contribution in [0.5, 0.6) is 0 Å². The molecule has 0 spiro atoms. The molecule has 0 aliphatic heterocycles. The molecule has 2 aromatic heterocycles. The third-order valence-corrected chi connectivity index (χ3v) is 9.99. The zero-order valence-corrected chi connectivity index (χ0v) is 27.3. The number of hydrogen-bond acceptors (Lipinski definition) is 1. The van der Waals surface area contributed by atoms with Crippen LogP contribution in [0, 0.1) is 0 Å². The maximum Gasteiger partial charge on any atom is 0.137 e. The lowest BCUT2D eigenvalue weighted by atomic mass is 9.96. The van der Waals surface area contributed by atoms with Crippen LogP contribution < -0.4 is 0 Å². The molecule has 10 aromatic rings. The molecule has 0 radical (unpaired) electrons. The van der Waals surface area contributed by atoms with Gasteiger partial charge in [-0.1, -0.05) is 133 Å². The molecule has 2 heterocycles. The number of benzene rings is 8. The van der Waals surface area contributed by atoms with E-state index in [1.165, 1.54) is 55.2 Å². The van der Waals surface area contributed by atoms with E-state index in [0.717, 1.165) is 38.8 Å². The van der Waals surface area contributed by atoms with Gasteiger partial charge in [0.05, 0.1) is 22.1 Å². The van der Waals surface area contributed by atoms with Gasteiger partial charge in [-0.2, -0.15) is 0 Å². The van der Waals surface area contributed by atoms with Gasteiger partial charge in [0.15, 0.2) is 0 Å². The number of para-hydroxylation sites is 1. The third kappa shape index (κ3) is 4.65. The molecule has 0 saturated carbocycles. The van der Waals surface area contributed by atoms with Crippen LogP contribution in [0.1, 0.15) is 0 Å². The Morgan fingerprint density at radius 3 is 1.52 bits per heavy atom. The molecule has 10 rings (SSSR count). The molecule has 0 saturated heterocycles. The zero-order valence-electron chi connectivity index (χ0n) is 27.3. The minimum Gasteiger partial charge on any atom is -0.456 e. The van der Waals surface area contributed by atoms with E-state index in [4.69, 9.17) is 4.42 Å². The average Bonchev–Trinajstić information content (AvgIpc) is 3.74. The molecule has 0 aliphatic carbocycles. The predicted molar refractivity (Wildman–Crippen MR) is 210 cm³/mol. The van der Waals surface area contributed by atoms with Gasteiger partial charge in [-0.3, -0.25) is 0 Å². The minimum atomic E-state index is 0.882. The summed E-state index contributed by atoms with van der Waals surface area (Å²) < 4.78 is 9.02. The highest BCUT2D eigenvalue weighted by Gasteiger charge is 2.18. The molecule has 2 nitrogen and oxygen atoms in total. The summed E-state index contributed by atoms with van der Waals surface area (Å²) in [6.07, 6.45) is 0. The maximum absolute atomic E-state index is 6.62. The summed E-state index contributed by atoms with van der Waals surface area (Å²) in [6, 6.07) is 67.3. The van der Waals surface area contributed by atoms with E-state index in [0.29, 0.717) is 0 Å². The monoisotopic (exact) mass is 637 g/mol. The number of furan rings is 1. The van der Waals surface area contributed by atoms with Crippen molar-refractivity contribution in [3.8, 4) is 50.2 Å². The van der Waals surface area contributed by atoms with E-state index in [-0.39, 0.29) is 0 Å². The first kappa shape index (κ1) is 28.4. The number of nitrogens with zero attached hydrogens (tertiary/aromatic N) is 1. The second-order valence-electron chi connectivity index (χ2n) is 12.9. The molecule has 234 valence electrons. The smallest absolute Gasteiger partial charge is 0.137 e. The lowest BCUT2D eigenvalue weighted by Gasteiger charge is -2.10. The molecule has 0 fully saturated rings. The van der Waals surface area contributed by atoms with E-state index in [1.54, 1.807) is 0 Å². The van der Waals surface area contributed by atoms with Crippen molar-refractivity contribution in [3.63, 3.8) is 0 Å². The summed E-state index contributed by atoms with van der Waals surface area (Å²) in [5.74, 6) is 0. The van der Waals surface area contributed by atoms with E-state index in [1.807, 2.05) is 0 Å². The summed E-state index contributed by atoms with van der Waals surface area (Å²) in [5.41, 5.74) is 14.8. The summed E-state index contributed by atoms with van der Waals surface area (Å²) in [4.78, 5) is 0. The van der Waals surface area contributed by atoms with Gasteiger partial charge in [-0.05, 0) is 99.1 Å². The molecule has 0 unspecified atom stereocenters. The first-order valence-electron chi connectivity index (χ1n) is 17.1. The first-order valence-corrected chi connectivity index (χ1v) is 17.1. The van der Waals surface area contributed by atoms with E-state index in [9.17, 15) is 0 Å². The van der Waals surface area contributed by atoms with Crippen molar-refractivity contribution in [2.24, 2.45) is 0 Å². The average molecular weight is 638 g/mol. The fourth-order valence-corrected chi connectivity index (χ4v) is 7.60. The van der Waals surface area contributed by atoms with Crippen LogP contribution in [-0.4, -0.2) is 4.57 Å². The van der Waals surface area contributed by atoms with Crippen molar-refractivity contribution < 1.29 is 4.42 Å². The fraction of sp³-hybridized carbons (Fsp3) is 0. The molecule has 0 N–H and O–H groups in total. The SMILES string of the molecule is c1ccc(-c2cccc(-c3cccc(-c4ccc5c(c4)oc4cccc(-n6c7ccccc7c7cc(-c8ccccc8)ccc76)c45)c3)c2)cc1. The number of rotatable bonds is 5. The van der Waals surface area contributed by atoms with Crippen LogP contribution in [0.15, 0.2) is 192 Å². The van der Waals surface area contributed by atoms with Crippen LogP contribution >= 0.6 is 0 Å². The third-order valence-electron chi connectivity index (χ3n) is 9.99. The lowest BCUT2D eigenvalue weighted by Crippen LogP contribution is -1.94. The number of hydrogen-bond donors (Lipinski definition) is 0. The van der Waals surface area contributed by atoms with Crippen molar-refractivity contribution in [1.29, 1.82) is 0 Å². The van der Waals surface area contributed by atoms with Gasteiger partial charge in [0, 0.05) is 16.2 Å². The molecular formula is C48H31NO. The Labute approximate surface area is 290 Å². The minimum absolute atomic E-state index is 0.882. The Balaban J connectivity index is 1.09. The zero-order chi connectivity index (χ0) is 33.0. The van der Waals surface area contributed by atoms with Crippen LogP contribution in [0.25, 0.3) is 93.9 Å². The molecule has 0 aliphatic rings. The Bertz CT molecular complexity index is 2860. The van der Waals surface area contributed by atoms with Gasteiger partial charge >= 0.3 is 0 Å². The van der Waals surface area contributed by atoms with Gasteiger partial charge < -0.3 is 8.98 Å². The van der Waals surface area contributed by atoms with E-state index < -0.39 is 0 Å². The van der Waals surface area contributed by atoms with Crippen LogP contribution in [0.4, 0.5) is 0 Å². The Morgan fingerprint density at radius 1 is 0.300 bits per heavy atom. The van der Waals surface area contributed by atoms with Gasteiger partial charge in [-0.15, -0.1) is 0 Å². The standard InChI is InChI=1S/C48H31NO/c1-3-12-32(13-4-1)34-16-9-17-35(28-34)36-18-10-19-37(29-36)39-24-26-41-47(31-39)50-46-23-11-22-45(48(41)46)49-43-21-8-7-20-40(43)42-30-38(25-27-44(42)49)33-14-5-2-6-15-33/h1-31H. The molecule has 0 bridgehead atoms. The molecule has 50 heavy (non-hydrogen) atoms. The Morgan fingerprint density at radius 2 is 0.820 bits per heavy atom. The molecular weight excluding hydrogens is 607 g/mol. The van der Waals surface area contributed by atoms with Gasteiger partial charge in [0.25, 0.3) is 0 Å². The summed E-state index contributed by atoms with van der Waals surface area (Å²) >= 11 is 0. The van der Waals surface area contributed by atoms with Crippen molar-refractivity contribution in [1.82, 2.24) is 4.57 Å². The highest BCUT2D eigenvalue weighted by atomic mass is 16.3. The molecule has 8 aromatic carbocycles. The quantitative estimate of drug-likeness (QED) is 0.184. The maximum atomic E-state index is 6.62. The normalized spacial score (nSPS) is 11.6. The predicted octanol–water partition coefficient (Wildman–Crippen LogP) is 13.4. The van der Waals surface area contributed by atoms with Gasteiger partial charge in [0.1, 0.15) is 11.2 Å². The first-order chi connectivity index (χ1) is 24.8. The highest BCUT2D eigenvalue weighted by molar-refractivity contribution is 6.15. The van der Waals surface area contributed by atoms with Crippen LogP contribution in [-0.2, 0) is 0 Å². The van der Waals surface area contributed by atoms with Crippen LogP contribution in [0.2, 0.25) is 0 Å². The number of aromatic nitrogens is 1. The Hall–Kier alpha value is -6.64. The summed E-state index contributed by atoms with van der Waals surface area (Å²) in [7, 11) is 0. The summed E-state index contributed by atoms with van der Waals surface area (Å²) in [6.45, 7) is 0. The lowest BCUT2D eigenvalue weighted by molar-refractivity contribution is 0.669. The van der Waals surface area contributed by atoms with Crippen molar-refractivity contribution in [2.45, 2.75) is 0 Å².